The molecule has 5 heteroatoms. The van der Waals surface area contributed by atoms with Gasteiger partial charge in [0.2, 0.25) is 0 Å². The Kier molecular flexibility index (Phi) is 3.48. The minimum absolute atomic E-state index is 0.0772. The largest absolute Gasteiger partial charge is 0.362 e. The van der Waals surface area contributed by atoms with Gasteiger partial charge in [-0.25, -0.2) is 4.68 Å². The van der Waals surface area contributed by atoms with Crippen LogP contribution in [0.25, 0.3) is 5.57 Å². The van der Waals surface area contributed by atoms with Crippen molar-refractivity contribution >= 4 is 17.1 Å². The number of nitrogens with zero attached hydrogens (tertiary/aromatic N) is 2. The summed E-state index contributed by atoms with van der Waals surface area (Å²) in [7, 11) is 1.57. The van der Waals surface area contributed by atoms with Crippen LogP contribution in [0.1, 0.15) is 26.3 Å². The molecule has 0 fully saturated rings. The van der Waals surface area contributed by atoms with Crippen molar-refractivity contribution in [3.8, 4) is 0 Å². The van der Waals surface area contributed by atoms with Crippen molar-refractivity contribution in [2.24, 2.45) is 0 Å². The quantitative estimate of drug-likeness (QED) is 0.777. The molecule has 0 aromatic carbocycles. The first-order valence-electron chi connectivity index (χ1n) is 5.97. The number of hydrogen-bond donors (Lipinski definition) is 0. The summed E-state index contributed by atoms with van der Waals surface area (Å²) in [6.07, 6.45) is 3.29. The summed E-state index contributed by atoms with van der Waals surface area (Å²) >= 11 is 0. The molecule has 100 valence electrons. The average molecular weight is 260 g/mol. The van der Waals surface area contributed by atoms with Gasteiger partial charge in [0.25, 0.3) is 0 Å². The van der Waals surface area contributed by atoms with Crippen LogP contribution in [0, 0.1) is 0 Å². The van der Waals surface area contributed by atoms with Gasteiger partial charge in [0.05, 0.1) is 6.20 Å². The molecule has 19 heavy (non-hydrogen) atoms. The number of aromatic nitrogens is 2. The number of carbonyl (C=O) groups is 2. The maximum Gasteiger partial charge on any atom is 0.190 e. The molecule has 2 rings (SSSR count). The number of rotatable bonds is 3. The summed E-state index contributed by atoms with van der Waals surface area (Å²) in [5, 5.41) is 4.10. The molecule has 0 radical (unpaired) electrons. The highest BCUT2D eigenvalue weighted by molar-refractivity contribution is 6.38. The number of hydrogen-bond acceptors (Lipinski definition) is 4. The van der Waals surface area contributed by atoms with Crippen molar-refractivity contribution in [3.05, 3.63) is 34.7 Å². The van der Waals surface area contributed by atoms with Crippen molar-refractivity contribution in [3.63, 3.8) is 0 Å². The van der Waals surface area contributed by atoms with E-state index in [0.29, 0.717) is 34.6 Å². The predicted molar refractivity (Wildman–Crippen MR) is 70.2 cm³/mol. The number of allylic oxidation sites excluding steroid dienone is 4. The van der Waals surface area contributed by atoms with E-state index in [1.54, 1.807) is 45.0 Å². The first-order chi connectivity index (χ1) is 8.97. The molecule has 0 amide bonds. The van der Waals surface area contributed by atoms with Crippen LogP contribution >= 0.6 is 0 Å². The van der Waals surface area contributed by atoms with Crippen LogP contribution in [0.15, 0.2) is 29.1 Å². The number of Topliss-reactive ketones (excluding diaryl/α,β-unsaturated/α-hetero) is 2. The molecular formula is C14H16N2O3. The smallest absolute Gasteiger partial charge is 0.190 e. The lowest BCUT2D eigenvalue weighted by molar-refractivity contribution is -0.115. The van der Waals surface area contributed by atoms with E-state index < -0.39 is 0 Å². The second-order valence-electron chi connectivity index (χ2n) is 4.59. The highest BCUT2D eigenvalue weighted by Crippen LogP contribution is 2.30. The van der Waals surface area contributed by atoms with E-state index in [2.05, 4.69) is 5.10 Å². The number of ketones is 2. The fourth-order valence-electron chi connectivity index (χ4n) is 2.14. The van der Waals surface area contributed by atoms with Gasteiger partial charge in [-0.1, -0.05) is 0 Å². The molecular weight excluding hydrogens is 244 g/mol. The molecule has 0 saturated carbocycles. The second kappa shape index (κ2) is 4.93. The van der Waals surface area contributed by atoms with Crippen molar-refractivity contribution < 1.29 is 14.3 Å². The Hall–Kier alpha value is -2.01. The molecule has 0 unspecified atom stereocenters. The minimum atomic E-state index is -0.105. The summed E-state index contributed by atoms with van der Waals surface area (Å²) in [6, 6.07) is 0. The van der Waals surface area contributed by atoms with Crippen LogP contribution in [0.2, 0.25) is 0 Å². The summed E-state index contributed by atoms with van der Waals surface area (Å²) in [5.74, 6) is -0.182. The zero-order valence-corrected chi connectivity index (χ0v) is 11.5. The van der Waals surface area contributed by atoms with Crippen LogP contribution in [0.5, 0.6) is 0 Å². The average Bonchev–Trinajstić information content (AvgIpc) is 2.83. The molecule has 0 atom stereocenters. The number of methoxy groups -OCH3 is 1. The Morgan fingerprint density at radius 3 is 2.37 bits per heavy atom. The predicted octanol–water partition coefficient (Wildman–Crippen LogP) is 1.75. The fourth-order valence-corrected chi connectivity index (χ4v) is 2.14. The Bertz CT molecular complexity index is 620. The van der Waals surface area contributed by atoms with Crippen LogP contribution in [-0.2, 0) is 21.1 Å². The normalized spacial score (nSPS) is 16.6. The van der Waals surface area contributed by atoms with Crippen molar-refractivity contribution in [1.82, 2.24) is 9.78 Å². The SMILES string of the molecule is COCn1cc(C2=C(C)C(=O)C(C)=C(C)C2=O)cn1. The Labute approximate surface area is 111 Å². The lowest BCUT2D eigenvalue weighted by Gasteiger charge is -2.17. The highest BCUT2D eigenvalue weighted by Gasteiger charge is 2.29. The van der Waals surface area contributed by atoms with Gasteiger partial charge in [0.15, 0.2) is 11.6 Å². The molecule has 1 aliphatic rings. The molecule has 5 nitrogen and oxygen atoms in total. The van der Waals surface area contributed by atoms with E-state index in [0.717, 1.165) is 0 Å². The molecule has 1 aromatic rings. The Morgan fingerprint density at radius 1 is 1.11 bits per heavy atom. The van der Waals surface area contributed by atoms with E-state index in [-0.39, 0.29) is 11.6 Å². The third-order valence-corrected chi connectivity index (χ3v) is 3.37. The first-order valence-corrected chi connectivity index (χ1v) is 5.97. The molecule has 0 N–H and O–H groups in total. The lowest BCUT2D eigenvalue weighted by Crippen LogP contribution is -2.19. The minimum Gasteiger partial charge on any atom is -0.362 e. The van der Waals surface area contributed by atoms with Gasteiger partial charge in [0, 0.05) is 41.2 Å². The third-order valence-electron chi connectivity index (χ3n) is 3.37. The zero-order valence-electron chi connectivity index (χ0n) is 11.5. The van der Waals surface area contributed by atoms with Crippen LogP contribution in [0.4, 0.5) is 0 Å². The zero-order chi connectivity index (χ0) is 14.2. The third kappa shape index (κ3) is 2.17. The van der Waals surface area contributed by atoms with Gasteiger partial charge in [-0.15, -0.1) is 0 Å². The van der Waals surface area contributed by atoms with E-state index in [9.17, 15) is 9.59 Å². The molecule has 0 saturated heterocycles. The maximum absolute atomic E-state index is 12.3. The van der Waals surface area contributed by atoms with Crippen LogP contribution in [-0.4, -0.2) is 28.5 Å². The van der Waals surface area contributed by atoms with E-state index >= 15 is 0 Å². The van der Waals surface area contributed by atoms with Gasteiger partial charge >= 0.3 is 0 Å². The Balaban J connectivity index is 2.48. The summed E-state index contributed by atoms with van der Waals surface area (Å²) in [4.78, 5) is 24.4. The topological polar surface area (TPSA) is 61.2 Å². The number of ether oxygens (including phenoxy) is 1. The monoisotopic (exact) mass is 260 g/mol. The van der Waals surface area contributed by atoms with Gasteiger partial charge in [-0.05, 0) is 20.8 Å². The van der Waals surface area contributed by atoms with Gasteiger partial charge in [-0.2, -0.15) is 5.10 Å². The van der Waals surface area contributed by atoms with Crippen molar-refractivity contribution in [1.29, 1.82) is 0 Å². The van der Waals surface area contributed by atoms with E-state index in [4.69, 9.17) is 4.74 Å². The van der Waals surface area contributed by atoms with Gasteiger partial charge < -0.3 is 4.74 Å². The standard InChI is InChI=1S/C14H16N2O3/c1-8-9(2)14(18)12(10(3)13(8)17)11-5-15-16(6-11)7-19-4/h5-6H,7H2,1-4H3. The summed E-state index contributed by atoms with van der Waals surface area (Å²) in [5.41, 5.74) is 2.60. The van der Waals surface area contributed by atoms with Gasteiger partial charge in [0.1, 0.15) is 6.73 Å². The molecule has 0 aliphatic heterocycles. The second-order valence-corrected chi connectivity index (χ2v) is 4.59. The van der Waals surface area contributed by atoms with Gasteiger partial charge in [-0.3, -0.25) is 9.59 Å². The molecule has 0 bridgehead atoms. The summed E-state index contributed by atoms with van der Waals surface area (Å²) in [6.45, 7) is 5.35. The summed E-state index contributed by atoms with van der Waals surface area (Å²) < 4.78 is 6.54. The molecule has 1 aromatic heterocycles. The van der Waals surface area contributed by atoms with E-state index in [1.807, 2.05) is 0 Å². The molecule has 0 spiro atoms. The van der Waals surface area contributed by atoms with Crippen LogP contribution < -0.4 is 0 Å². The fraction of sp³-hybridized carbons (Fsp3) is 0.357. The van der Waals surface area contributed by atoms with Crippen molar-refractivity contribution in [2.45, 2.75) is 27.5 Å². The lowest BCUT2D eigenvalue weighted by atomic mass is 9.84. The van der Waals surface area contributed by atoms with Crippen LogP contribution in [0.3, 0.4) is 0 Å². The highest BCUT2D eigenvalue weighted by atomic mass is 16.5. The molecule has 1 heterocycles. The number of carbonyl (C=O) groups excluding carboxylic acids is 2. The first kappa shape index (κ1) is 13.4. The molecule has 1 aliphatic carbocycles. The van der Waals surface area contributed by atoms with Crippen molar-refractivity contribution in [2.75, 3.05) is 7.11 Å². The Morgan fingerprint density at radius 2 is 1.74 bits per heavy atom. The van der Waals surface area contributed by atoms with E-state index in [1.165, 1.54) is 0 Å². The maximum atomic E-state index is 12.3.